The van der Waals surface area contributed by atoms with Crippen LogP contribution in [0.25, 0.3) is 0 Å². The van der Waals surface area contributed by atoms with E-state index in [1.54, 1.807) is 18.2 Å². The van der Waals surface area contributed by atoms with Gasteiger partial charge < -0.3 is 5.73 Å². The Kier molecular flexibility index (Phi) is 4.02. The van der Waals surface area contributed by atoms with Gasteiger partial charge in [-0.3, -0.25) is 9.63 Å². The van der Waals surface area contributed by atoms with Crippen LogP contribution in [0, 0.1) is 0 Å². The monoisotopic (exact) mass is 298 g/mol. The number of nitrogens with one attached hydrogen (secondary N) is 1. The van der Waals surface area contributed by atoms with Gasteiger partial charge in [-0.25, -0.2) is 5.48 Å². The van der Waals surface area contributed by atoms with Crippen molar-refractivity contribution in [2.75, 3.05) is 5.73 Å². The summed E-state index contributed by atoms with van der Waals surface area (Å²) in [7, 11) is 0. The largest absolute Gasteiger partial charge is 0.398 e. The van der Waals surface area contributed by atoms with Crippen molar-refractivity contribution in [1.29, 1.82) is 0 Å². The van der Waals surface area contributed by atoms with E-state index < -0.39 is 0 Å². The second-order valence-electron chi connectivity index (χ2n) is 4.19. The van der Waals surface area contributed by atoms with Crippen molar-refractivity contribution in [2.24, 2.45) is 0 Å². The molecular formula is C12H15BrN2O2. The number of hydroxylamine groups is 1. The third-order valence-corrected chi connectivity index (χ3v) is 3.60. The van der Waals surface area contributed by atoms with Crippen LogP contribution in [-0.2, 0) is 4.84 Å². The van der Waals surface area contributed by atoms with Gasteiger partial charge in [0.2, 0.25) is 0 Å². The lowest BCUT2D eigenvalue weighted by Crippen LogP contribution is -2.28. The molecule has 5 heteroatoms. The van der Waals surface area contributed by atoms with Gasteiger partial charge in [0.1, 0.15) is 0 Å². The summed E-state index contributed by atoms with van der Waals surface area (Å²) >= 11 is 3.28. The van der Waals surface area contributed by atoms with E-state index in [-0.39, 0.29) is 12.0 Å². The fourth-order valence-electron chi connectivity index (χ4n) is 1.89. The molecule has 1 saturated carbocycles. The fourth-order valence-corrected chi connectivity index (χ4v) is 2.13. The highest BCUT2D eigenvalue weighted by atomic mass is 79.9. The van der Waals surface area contributed by atoms with E-state index in [0.29, 0.717) is 11.3 Å². The third kappa shape index (κ3) is 3.20. The Morgan fingerprint density at radius 3 is 2.76 bits per heavy atom. The Labute approximate surface area is 109 Å². The van der Waals surface area contributed by atoms with E-state index in [4.69, 9.17) is 10.6 Å². The Morgan fingerprint density at radius 1 is 1.41 bits per heavy atom. The summed E-state index contributed by atoms with van der Waals surface area (Å²) in [6.07, 6.45) is 4.54. The zero-order valence-electron chi connectivity index (χ0n) is 9.41. The minimum atomic E-state index is -0.254. The van der Waals surface area contributed by atoms with Gasteiger partial charge >= 0.3 is 0 Å². The maximum atomic E-state index is 11.8. The summed E-state index contributed by atoms with van der Waals surface area (Å²) in [4.78, 5) is 17.1. The molecule has 1 amide bonds. The highest BCUT2D eigenvalue weighted by Gasteiger charge is 2.17. The van der Waals surface area contributed by atoms with Crippen molar-refractivity contribution < 1.29 is 9.63 Å². The molecule has 3 N–H and O–H groups in total. The van der Waals surface area contributed by atoms with Crippen molar-refractivity contribution in [3.63, 3.8) is 0 Å². The molecule has 0 spiro atoms. The third-order valence-electron chi connectivity index (χ3n) is 2.88. The van der Waals surface area contributed by atoms with Crippen molar-refractivity contribution in [3.05, 3.63) is 28.2 Å². The fraction of sp³-hybridized carbons (Fsp3) is 0.417. The molecule has 0 aliphatic heterocycles. The topological polar surface area (TPSA) is 64.4 Å². The van der Waals surface area contributed by atoms with Crippen LogP contribution in [-0.4, -0.2) is 12.0 Å². The zero-order valence-corrected chi connectivity index (χ0v) is 11.0. The molecule has 1 aromatic rings. The molecule has 0 radical (unpaired) electrons. The molecule has 0 aromatic heterocycles. The van der Waals surface area contributed by atoms with E-state index in [2.05, 4.69) is 21.4 Å². The quantitative estimate of drug-likeness (QED) is 0.666. The number of nitrogen functional groups attached to an aromatic ring is 1. The lowest BCUT2D eigenvalue weighted by Gasteiger charge is -2.11. The maximum Gasteiger partial charge on any atom is 0.274 e. The van der Waals surface area contributed by atoms with Crippen LogP contribution in [0.2, 0.25) is 0 Å². The van der Waals surface area contributed by atoms with Gasteiger partial charge in [0, 0.05) is 15.7 Å². The van der Waals surface area contributed by atoms with Gasteiger partial charge in [0.25, 0.3) is 5.91 Å². The number of hydrogen-bond acceptors (Lipinski definition) is 3. The van der Waals surface area contributed by atoms with Gasteiger partial charge in [0.15, 0.2) is 0 Å². The summed E-state index contributed by atoms with van der Waals surface area (Å²) in [5.41, 5.74) is 9.23. The van der Waals surface area contributed by atoms with Crippen LogP contribution in [0.5, 0.6) is 0 Å². The summed E-state index contributed by atoms with van der Waals surface area (Å²) < 4.78 is 0.783. The summed E-state index contributed by atoms with van der Waals surface area (Å²) in [5.74, 6) is -0.254. The smallest absolute Gasteiger partial charge is 0.274 e. The minimum absolute atomic E-state index is 0.159. The average molecular weight is 299 g/mol. The highest BCUT2D eigenvalue weighted by molar-refractivity contribution is 9.10. The van der Waals surface area contributed by atoms with Crippen molar-refractivity contribution >= 4 is 27.5 Å². The second-order valence-corrected chi connectivity index (χ2v) is 5.05. The van der Waals surface area contributed by atoms with Crippen LogP contribution >= 0.6 is 15.9 Å². The zero-order chi connectivity index (χ0) is 12.3. The summed E-state index contributed by atoms with van der Waals surface area (Å²) in [6.45, 7) is 0. The molecule has 1 aromatic carbocycles. The number of benzene rings is 1. The lowest BCUT2D eigenvalue weighted by atomic mass is 10.2. The average Bonchev–Trinajstić information content (AvgIpc) is 2.82. The van der Waals surface area contributed by atoms with Crippen molar-refractivity contribution in [1.82, 2.24) is 5.48 Å². The number of rotatable bonds is 3. The van der Waals surface area contributed by atoms with E-state index in [1.807, 2.05) is 0 Å². The number of amides is 1. The summed E-state index contributed by atoms with van der Waals surface area (Å²) in [6, 6.07) is 5.07. The SMILES string of the molecule is Nc1cc(C(=O)NOC2CCCC2)ccc1Br. The number of halogens is 1. The Hall–Kier alpha value is -1.07. The van der Waals surface area contributed by atoms with Crippen LogP contribution in [0.1, 0.15) is 36.0 Å². The molecule has 92 valence electrons. The number of carbonyl (C=O) groups is 1. The van der Waals surface area contributed by atoms with Crippen LogP contribution in [0.15, 0.2) is 22.7 Å². The van der Waals surface area contributed by atoms with E-state index in [9.17, 15) is 4.79 Å². The molecule has 1 aliphatic carbocycles. The Morgan fingerprint density at radius 2 is 2.12 bits per heavy atom. The van der Waals surface area contributed by atoms with Crippen LogP contribution < -0.4 is 11.2 Å². The number of hydrogen-bond donors (Lipinski definition) is 2. The first kappa shape index (κ1) is 12.4. The van der Waals surface area contributed by atoms with Crippen molar-refractivity contribution in [2.45, 2.75) is 31.8 Å². The molecule has 0 heterocycles. The van der Waals surface area contributed by atoms with Crippen molar-refractivity contribution in [3.8, 4) is 0 Å². The molecule has 1 fully saturated rings. The van der Waals surface area contributed by atoms with Gasteiger partial charge in [-0.1, -0.05) is 12.8 Å². The highest BCUT2D eigenvalue weighted by Crippen LogP contribution is 2.21. The summed E-state index contributed by atoms with van der Waals surface area (Å²) in [5, 5.41) is 0. The molecule has 0 atom stereocenters. The van der Waals surface area contributed by atoms with Gasteiger partial charge in [-0.15, -0.1) is 0 Å². The van der Waals surface area contributed by atoms with E-state index in [1.165, 1.54) is 12.8 Å². The number of anilines is 1. The maximum absolute atomic E-state index is 11.8. The Bertz CT molecular complexity index is 417. The molecule has 0 saturated heterocycles. The first-order chi connectivity index (χ1) is 8.16. The van der Waals surface area contributed by atoms with E-state index >= 15 is 0 Å². The molecule has 17 heavy (non-hydrogen) atoms. The Balaban J connectivity index is 1.92. The predicted molar refractivity (Wildman–Crippen MR) is 69.4 cm³/mol. The molecule has 2 rings (SSSR count). The molecule has 1 aliphatic rings. The predicted octanol–water partition coefficient (Wildman–Crippen LogP) is 2.64. The normalized spacial score (nSPS) is 16.1. The first-order valence-corrected chi connectivity index (χ1v) is 6.47. The van der Waals surface area contributed by atoms with E-state index in [0.717, 1.165) is 17.3 Å². The molecular weight excluding hydrogens is 284 g/mol. The lowest BCUT2D eigenvalue weighted by molar-refractivity contribution is -0.0124. The van der Waals surface area contributed by atoms with Gasteiger partial charge in [0.05, 0.1) is 6.10 Å². The standard InChI is InChI=1S/C12H15BrN2O2/c13-10-6-5-8(7-11(10)14)12(16)15-17-9-3-1-2-4-9/h5-7,9H,1-4,14H2,(H,15,16). The first-order valence-electron chi connectivity index (χ1n) is 5.68. The minimum Gasteiger partial charge on any atom is -0.398 e. The number of nitrogens with two attached hydrogens (primary N) is 1. The van der Waals surface area contributed by atoms with Crippen LogP contribution in [0.4, 0.5) is 5.69 Å². The van der Waals surface area contributed by atoms with Crippen LogP contribution in [0.3, 0.4) is 0 Å². The van der Waals surface area contributed by atoms with Gasteiger partial charge in [-0.2, -0.15) is 0 Å². The van der Waals surface area contributed by atoms with Gasteiger partial charge in [-0.05, 0) is 47.0 Å². The molecule has 4 nitrogen and oxygen atoms in total. The number of carbonyl (C=O) groups excluding carboxylic acids is 1. The molecule has 0 unspecified atom stereocenters. The second kappa shape index (κ2) is 5.51. The molecule has 0 bridgehead atoms.